The Bertz CT molecular complexity index is 450. The number of nitrogens with two attached hydrogens (primary N) is 1. The van der Waals surface area contributed by atoms with Crippen molar-refractivity contribution in [2.45, 2.75) is 44.2 Å². The van der Waals surface area contributed by atoms with Crippen molar-refractivity contribution in [3.8, 4) is 5.75 Å². The Balaban J connectivity index is 2.42. The number of rotatable bonds is 5. The minimum Gasteiger partial charge on any atom is -0.496 e. The molecule has 3 heteroatoms. The molecular formula is C16H26N2O. The van der Waals surface area contributed by atoms with Crippen LogP contribution in [0.5, 0.6) is 5.75 Å². The summed E-state index contributed by atoms with van der Waals surface area (Å²) in [4.78, 5) is 2.21. The monoisotopic (exact) mass is 262 g/mol. The zero-order chi connectivity index (χ0) is 14.2. The molecule has 2 rings (SSSR count). The Morgan fingerprint density at radius 3 is 2.32 bits per heavy atom. The Labute approximate surface area is 116 Å². The van der Waals surface area contributed by atoms with Crippen molar-refractivity contribution < 1.29 is 4.74 Å². The van der Waals surface area contributed by atoms with Crippen LogP contribution in [0.3, 0.4) is 0 Å². The van der Waals surface area contributed by atoms with Crippen molar-refractivity contribution in [1.82, 2.24) is 4.90 Å². The van der Waals surface area contributed by atoms with Crippen molar-refractivity contribution >= 4 is 0 Å². The average molecular weight is 262 g/mol. The number of hydrogen-bond acceptors (Lipinski definition) is 3. The first-order valence-corrected chi connectivity index (χ1v) is 7.02. The van der Waals surface area contributed by atoms with E-state index in [2.05, 4.69) is 51.0 Å². The van der Waals surface area contributed by atoms with Crippen molar-refractivity contribution in [2.75, 3.05) is 21.2 Å². The van der Waals surface area contributed by atoms with Gasteiger partial charge in [0.1, 0.15) is 5.75 Å². The number of nitrogens with zero attached hydrogens (tertiary/aromatic N) is 1. The van der Waals surface area contributed by atoms with E-state index in [4.69, 9.17) is 10.5 Å². The smallest absolute Gasteiger partial charge is 0.123 e. The van der Waals surface area contributed by atoms with E-state index in [9.17, 15) is 0 Å². The van der Waals surface area contributed by atoms with Crippen LogP contribution in [0.4, 0.5) is 0 Å². The van der Waals surface area contributed by atoms with Crippen molar-refractivity contribution in [3.63, 3.8) is 0 Å². The van der Waals surface area contributed by atoms with Crippen LogP contribution in [0.2, 0.25) is 0 Å². The molecule has 19 heavy (non-hydrogen) atoms. The lowest BCUT2D eigenvalue weighted by Gasteiger charge is -2.32. The molecule has 0 heterocycles. The van der Waals surface area contributed by atoms with E-state index in [1.54, 1.807) is 7.11 Å². The molecular weight excluding hydrogens is 236 g/mol. The van der Waals surface area contributed by atoms with Crippen LogP contribution in [-0.2, 0) is 0 Å². The summed E-state index contributed by atoms with van der Waals surface area (Å²) >= 11 is 0. The molecule has 1 atom stereocenters. The lowest BCUT2D eigenvalue weighted by molar-refractivity contribution is 0.239. The van der Waals surface area contributed by atoms with E-state index in [0.717, 1.165) is 18.6 Å². The van der Waals surface area contributed by atoms with Crippen molar-refractivity contribution in [2.24, 2.45) is 5.73 Å². The second-order valence-corrected chi connectivity index (χ2v) is 6.26. The van der Waals surface area contributed by atoms with Gasteiger partial charge in [-0.15, -0.1) is 0 Å². The van der Waals surface area contributed by atoms with Crippen molar-refractivity contribution in [1.29, 1.82) is 0 Å². The molecule has 1 aromatic carbocycles. The standard InChI is InChI=1S/C16H26N2O/c1-11(2)12-6-7-13(14(10-12)19-5)15(18(3)4)16(17)8-9-16/h6-7,10-11,15H,8-9,17H2,1-5H3. The third kappa shape index (κ3) is 2.77. The Kier molecular flexibility index (Phi) is 3.88. The third-order valence-corrected chi connectivity index (χ3v) is 4.11. The molecule has 0 amide bonds. The minimum absolute atomic E-state index is 0.0872. The maximum atomic E-state index is 6.45. The van der Waals surface area contributed by atoms with Crippen LogP contribution in [-0.4, -0.2) is 31.6 Å². The average Bonchev–Trinajstić information content (AvgIpc) is 3.07. The summed E-state index contributed by atoms with van der Waals surface area (Å²) in [5, 5.41) is 0. The van der Waals surface area contributed by atoms with Crippen LogP contribution in [0, 0.1) is 0 Å². The van der Waals surface area contributed by atoms with E-state index in [1.165, 1.54) is 11.1 Å². The van der Waals surface area contributed by atoms with Crippen LogP contribution in [0.25, 0.3) is 0 Å². The van der Waals surface area contributed by atoms with E-state index < -0.39 is 0 Å². The lowest BCUT2D eigenvalue weighted by Crippen LogP contribution is -2.39. The molecule has 1 aromatic rings. The number of benzene rings is 1. The van der Waals surface area contributed by atoms with E-state index in [0.29, 0.717) is 5.92 Å². The highest BCUT2D eigenvalue weighted by Crippen LogP contribution is 2.48. The number of methoxy groups -OCH3 is 1. The molecule has 0 aromatic heterocycles. The molecule has 0 spiro atoms. The summed E-state index contributed by atoms with van der Waals surface area (Å²) in [6.07, 6.45) is 2.18. The van der Waals surface area contributed by atoms with Crippen LogP contribution in [0.15, 0.2) is 18.2 Å². The quantitative estimate of drug-likeness (QED) is 0.886. The lowest BCUT2D eigenvalue weighted by atomic mass is 9.92. The SMILES string of the molecule is COc1cc(C(C)C)ccc1C(N(C)C)C1(N)CC1. The van der Waals surface area contributed by atoms with E-state index in [1.807, 2.05) is 0 Å². The zero-order valence-electron chi connectivity index (χ0n) is 12.7. The largest absolute Gasteiger partial charge is 0.496 e. The van der Waals surface area contributed by atoms with Crippen LogP contribution in [0.1, 0.15) is 49.8 Å². The fourth-order valence-corrected chi connectivity index (χ4v) is 2.83. The fraction of sp³-hybridized carbons (Fsp3) is 0.625. The summed E-state index contributed by atoms with van der Waals surface area (Å²) < 4.78 is 5.61. The van der Waals surface area contributed by atoms with Gasteiger partial charge >= 0.3 is 0 Å². The molecule has 0 bridgehead atoms. The molecule has 3 nitrogen and oxygen atoms in total. The van der Waals surface area contributed by atoms with E-state index >= 15 is 0 Å². The highest BCUT2D eigenvalue weighted by molar-refractivity contribution is 5.43. The fourth-order valence-electron chi connectivity index (χ4n) is 2.83. The normalized spacial score (nSPS) is 18.7. The highest BCUT2D eigenvalue weighted by atomic mass is 16.5. The zero-order valence-corrected chi connectivity index (χ0v) is 12.7. The minimum atomic E-state index is -0.0872. The maximum Gasteiger partial charge on any atom is 0.123 e. The van der Waals surface area contributed by atoms with Gasteiger partial charge in [-0.05, 0) is 44.5 Å². The van der Waals surface area contributed by atoms with E-state index in [-0.39, 0.29) is 11.6 Å². The first-order chi connectivity index (χ1) is 8.89. The molecule has 0 radical (unpaired) electrons. The topological polar surface area (TPSA) is 38.5 Å². The first kappa shape index (κ1) is 14.4. The Morgan fingerprint density at radius 2 is 1.89 bits per heavy atom. The molecule has 0 aliphatic heterocycles. The van der Waals surface area contributed by atoms with Crippen LogP contribution >= 0.6 is 0 Å². The van der Waals surface area contributed by atoms with Gasteiger partial charge in [0, 0.05) is 11.1 Å². The van der Waals surface area contributed by atoms with Crippen molar-refractivity contribution in [3.05, 3.63) is 29.3 Å². The molecule has 1 aliphatic rings. The molecule has 0 saturated heterocycles. The predicted molar refractivity (Wildman–Crippen MR) is 79.7 cm³/mol. The van der Waals surface area contributed by atoms with Gasteiger partial charge in [0.05, 0.1) is 13.2 Å². The van der Waals surface area contributed by atoms with Gasteiger partial charge in [0.2, 0.25) is 0 Å². The predicted octanol–water partition coefficient (Wildman–Crippen LogP) is 2.91. The third-order valence-electron chi connectivity index (χ3n) is 4.11. The number of ether oxygens (including phenoxy) is 1. The van der Waals surface area contributed by atoms with Gasteiger partial charge in [-0.3, -0.25) is 0 Å². The van der Waals surface area contributed by atoms with Gasteiger partial charge in [-0.1, -0.05) is 26.0 Å². The summed E-state index contributed by atoms with van der Waals surface area (Å²) in [5.41, 5.74) is 8.87. The Morgan fingerprint density at radius 1 is 1.26 bits per heavy atom. The molecule has 1 saturated carbocycles. The summed E-state index contributed by atoms with van der Waals surface area (Å²) in [5.74, 6) is 1.47. The molecule has 2 N–H and O–H groups in total. The number of likely N-dealkylation sites (N-methyl/N-ethyl adjacent to an activating group) is 1. The molecule has 1 aliphatic carbocycles. The van der Waals surface area contributed by atoms with Gasteiger partial charge < -0.3 is 15.4 Å². The Hall–Kier alpha value is -1.06. The molecule has 1 unspecified atom stereocenters. The van der Waals surface area contributed by atoms with Gasteiger partial charge in [0.25, 0.3) is 0 Å². The van der Waals surface area contributed by atoms with Gasteiger partial charge in [-0.25, -0.2) is 0 Å². The second-order valence-electron chi connectivity index (χ2n) is 6.26. The summed E-state index contributed by atoms with van der Waals surface area (Å²) in [6, 6.07) is 6.77. The second kappa shape index (κ2) is 5.14. The van der Waals surface area contributed by atoms with Crippen LogP contribution < -0.4 is 10.5 Å². The number of hydrogen-bond donors (Lipinski definition) is 1. The molecule has 1 fully saturated rings. The van der Waals surface area contributed by atoms with Gasteiger partial charge in [-0.2, -0.15) is 0 Å². The summed E-state index contributed by atoms with van der Waals surface area (Å²) in [6.45, 7) is 4.40. The van der Waals surface area contributed by atoms with Gasteiger partial charge in [0.15, 0.2) is 0 Å². The summed E-state index contributed by atoms with van der Waals surface area (Å²) in [7, 11) is 5.92. The molecule has 106 valence electrons. The first-order valence-electron chi connectivity index (χ1n) is 7.02. The highest BCUT2D eigenvalue weighted by Gasteiger charge is 2.48. The maximum absolute atomic E-state index is 6.45.